The Balaban J connectivity index is 0.000000357. The zero-order valence-electron chi connectivity index (χ0n) is 43.8. The second kappa shape index (κ2) is 26.4. The van der Waals surface area contributed by atoms with Crippen molar-refractivity contribution in [3.05, 3.63) is 160 Å². The van der Waals surface area contributed by atoms with Gasteiger partial charge in [-0.2, -0.15) is 5.26 Å². The molecule has 75 heavy (non-hydrogen) atoms. The van der Waals surface area contributed by atoms with Gasteiger partial charge in [0.15, 0.2) is 17.1 Å². The van der Waals surface area contributed by atoms with Crippen LogP contribution in [-0.2, 0) is 45.3 Å². The van der Waals surface area contributed by atoms with Crippen LogP contribution >= 0.6 is 10.7 Å². The lowest BCUT2D eigenvalue weighted by atomic mass is 9.87. The van der Waals surface area contributed by atoms with Crippen molar-refractivity contribution in [2.24, 2.45) is 17.5 Å². The first-order valence-electron chi connectivity index (χ1n) is 22.4. The number of rotatable bonds is 9. The van der Waals surface area contributed by atoms with Crippen LogP contribution in [0.3, 0.4) is 0 Å². The molecule has 20 nitrogen and oxygen atoms in total. The highest BCUT2D eigenvalue weighted by atomic mass is 35.7. The van der Waals surface area contributed by atoms with Gasteiger partial charge in [0.2, 0.25) is 0 Å². The van der Waals surface area contributed by atoms with Gasteiger partial charge in [-0.3, -0.25) is 31.3 Å². The topological polar surface area (TPSA) is 359 Å². The number of aromatic carboxylic acids is 1. The third-order valence-electron chi connectivity index (χ3n) is 10.3. The number of nitriles is 1. The Labute approximate surface area is 444 Å². The lowest BCUT2D eigenvalue weighted by molar-refractivity contribution is 0.0691. The summed E-state index contributed by atoms with van der Waals surface area (Å²) in [6.07, 6.45) is 4.45. The van der Waals surface area contributed by atoms with E-state index < -0.39 is 41.0 Å². The summed E-state index contributed by atoms with van der Waals surface area (Å²) in [7, 11) is -6.16. The van der Waals surface area contributed by atoms with E-state index in [0.29, 0.717) is 22.5 Å². The summed E-state index contributed by atoms with van der Waals surface area (Å²) in [5, 5.41) is 17.6. The van der Waals surface area contributed by atoms with Gasteiger partial charge in [0, 0.05) is 29.3 Å². The van der Waals surface area contributed by atoms with Gasteiger partial charge in [-0.1, -0.05) is 98.7 Å². The zero-order chi connectivity index (χ0) is 57.5. The van der Waals surface area contributed by atoms with E-state index in [1.807, 2.05) is 60.0 Å². The van der Waals surface area contributed by atoms with Crippen LogP contribution in [0.2, 0.25) is 0 Å². The molecule has 0 atom stereocenters. The predicted molar refractivity (Wildman–Crippen MR) is 293 cm³/mol. The highest BCUT2D eigenvalue weighted by Crippen LogP contribution is 2.28. The molecule has 0 fully saturated rings. The largest absolute Gasteiger partial charge is 0.476 e. The maximum Gasteiger partial charge on any atom is 0.356 e. The van der Waals surface area contributed by atoms with Crippen molar-refractivity contribution in [1.82, 2.24) is 20.4 Å². The minimum absolute atomic E-state index is 0.0224. The summed E-state index contributed by atoms with van der Waals surface area (Å²) >= 11 is 0. The standard InChI is InChI=1S/C17H22N4O3S.C17H20N2O4S.C10H13ClO2S.C7H7N3.H4N2/c1-11-9-14(15(19-10-11)16(22)20-18)21-25(23,24)13-7-5-12(6-8-13)17(2,3)4;1-11-9-14(15(16(20)21)18-10-11)19-24(22,23)13-7-5-12(6-8-13)17(2,3)4;1-10(2,3)8-4-6-9(7-5-8)14(11,12)13;1-5-2-6(9)7(3-8)10-4-5;1-2/h5-10,21H,18H2,1-4H3,(H,20,22);5-10,19H,1-4H3,(H,20,21);4-7H,1-3H3;2,4H,9H2,1H3;1-2H2. The van der Waals surface area contributed by atoms with E-state index >= 15 is 0 Å². The van der Waals surface area contributed by atoms with E-state index in [-0.39, 0.29) is 53.7 Å². The van der Waals surface area contributed by atoms with Gasteiger partial charge < -0.3 is 10.8 Å². The Kier molecular flexibility index (Phi) is 22.6. The average Bonchev–Trinajstić information content (AvgIpc) is 3.31. The highest BCUT2D eigenvalue weighted by Gasteiger charge is 2.23. The highest BCUT2D eigenvalue weighted by molar-refractivity contribution is 8.13. The Morgan fingerprint density at radius 3 is 1.20 bits per heavy atom. The van der Waals surface area contributed by atoms with Crippen LogP contribution in [0.1, 0.15) is 122 Å². The molecule has 1 amide bonds. The second-order valence-electron chi connectivity index (χ2n) is 19.6. The molecule has 3 aromatic carbocycles. The number of hydrogen-bond acceptors (Lipinski definition) is 16. The molecule has 0 saturated carbocycles. The first-order valence-corrected chi connectivity index (χ1v) is 27.7. The molecule has 3 aromatic heterocycles. The van der Waals surface area contributed by atoms with Crippen molar-refractivity contribution in [3.8, 4) is 6.07 Å². The van der Waals surface area contributed by atoms with Crippen LogP contribution in [0, 0.1) is 32.1 Å². The number of carbonyl (C=O) groups excluding carboxylic acids is 1. The van der Waals surface area contributed by atoms with E-state index in [2.05, 4.69) is 56.9 Å². The number of anilines is 3. The Hall–Kier alpha value is -7.04. The zero-order valence-corrected chi connectivity index (χ0v) is 47.0. The summed E-state index contributed by atoms with van der Waals surface area (Å²) in [5.41, 5.74) is 13.0. The number of pyridine rings is 3. The van der Waals surface area contributed by atoms with E-state index in [9.17, 15) is 34.8 Å². The Morgan fingerprint density at radius 2 is 0.893 bits per heavy atom. The van der Waals surface area contributed by atoms with Crippen LogP contribution in [0.15, 0.2) is 124 Å². The molecule has 6 rings (SSSR count). The summed E-state index contributed by atoms with van der Waals surface area (Å²) < 4.78 is 76.9. The van der Waals surface area contributed by atoms with Crippen molar-refractivity contribution in [1.29, 1.82) is 5.26 Å². The van der Waals surface area contributed by atoms with Crippen molar-refractivity contribution in [3.63, 3.8) is 0 Å². The van der Waals surface area contributed by atoms with Gasteiger partial charge >= 0.3 is 5.97 Å². The number of hydrogen-bond donors (Lipinski definition) is 8. The molecule has 0 saturated heterocycles. The number of carboxylic acid groups (broad SMARTS) is 1. The lowest BCUT2D eigenvalue weighted by Crippen LogP contribution is -2.32. The third-order valence-corrected chi connectivity index (χ3v) is 14.4. The second-order valence-corrected chi connectivity index (χ2v) is 25.6. The normalized spacial score (nSPS) is 11.5. The molecule has 0 spiro atoms. The van der Waals surface area contributed by atoms with Gasteiger partial charge in [-0.15, -0.1) is 0 Å². The number of nitrogens with one attached hydrogen (secondary N) is 3. The summed E-state index contributed by atoms with van der Waals surface area (Å²) in [6, 6.07) is 26.4. The van der Waals surface area contributed by atoms with Gasteiger partial charge in [0.1, 0.15) is 6.07 Å². The minimum atomic E-state index is -3.90. The van der Waals surface area contributed by atoms with Gasteiger partial charge in [-0.25, -0.2) is 50.8 Å². The number of halogens is 1. The number of carbonyl (C=O) groups is 2. The van der Waals surface area contributed by atoms with E-state index in [1.165, 1.54) is 60.9 Å². The van der Waals surface area contributed by atoms with E-state index in [4.69, 9.17) is 32.6 Å². The molecule has 3 heterocycles. The maximum absolute atomic E-state index is 12.6. The number of carboxylic acids is 1. The Bertz CT molecular complexity index is 3320. The number of nitrogens with two attached hydrogens (primary N) is 4. The number of benzene rings is 3. The van der Waals surface area contributed by atoms with E-state index in [0.717, 1.165) is 22.3 Å². The predicted octanol–water partition coefficient (Wildman–Crippen LogP) is 7.85. The molecule has 0 aliphatic carbocycles. The van der Waals surface area contributed by atoms with Crippen molar-refractivity contribution in [2.45, 2.75) is 114 Å². The van der Waals surface area contributed by atoms with Crippen LogP contribution < -0.4 is 38.1 Å². The molecule has 404 valence electrons. The average molecular weight is 1110 g/mol. The summed E-state index contributed by atoms with van der Waals surface area (Å²) in [5.74, 6) is 11.2. The first kappa shape index (κ1) is 64.1. The number of hydrazine groups is 2. The molecule has 0 unspecified atom stereocenters. The number of nitrogen functional groups attached to an aromatic ring is 2. The van der Waals surface area contributed by atoms with Crippen LogP contribution in [0.4, 0.5) is 17.1 Å². The van der Waals surface area contributed by atoms with Crippen LogP contribution in [-0.4, -0.2) is 57.2 Å². The SMILES string of the molecule is CC(C)(C)c1ccc(S(=O)(=O)Cl)cc1.Cc1cnc(C#N)c(N)c1.Cc1cnc(C(=O)NN)c(NS(=O)(=O)c2ccc(C(C)(C)C)cc2)c1.Cc1cnc(C(=O)O)c(NS(=O)(=O)c2ccc(C(C)(C)C)cc2)c1.NN. The molecule has 0 bridgehead atoms. The fraction of sp³-hybridized carbons (Fsp3) is 0.294. The van der Waals surface area contributed by atoms with Crippen molar-refractivity contribution >= 4 is 68.7 Å². The van der Waals surface area contributed by atoms with Crippen molar-refractivity contribution < 1.29 is 39.9 Å². The molecule has 12 N–H and O–H groups in total. The molecular formula is C51H66ClN11O9S3. The fourth-order valence-electron chi connectivity index (χ4n) is 6.19. The molecule has 0 radical (unpaired) electrons. The molecular weight excluding hydrogens is 1040 g/mol. The maximum atomic E-state index is 12.6. The number of aryl methyl sites for hydroxylation is 3. The fourth-order valence-corrected chi connectivity index (χ4v) is 9.08. The monoisotopic (exact) mass is 1110 g/mol. The smallest absolute Gasteiger partial charge is 0.356 e. The number of amides is 1. The van der Waals surface area contributed by atoms with Gasteiger partial charge in [0.05, 0.1) is 31.7 Å². The van der Waals surface area contributed by atoms with Crippen LogP contribution in [0.5, 0.6) is 0 Å². The lowest BCUT2D eigenvalue weighted by Gasteiger charge is -2.19. The van der Waals surface area contributed by atoms with Crippen molar-refractivity contribution in [2.75, 3.05) is 15.2 Å². The molecule has 0 aliphatic rings. The molecule has 6 aromatic rings. The van der Waals surface area contributed by atoms with E-state index in [1.54, 1.807) is 62.5 Å². The number of nitrogens with zero attached hydrogens (tertiary/aromatic N) is 4. The molecule has 24 heteroatoms. The number of aromatic nitrogens is 3. The Morgan fingerprint density at radius 1 is 0.573 bits per heavy atom. The number of sulfonamides is 2. The minimum Gasteiger partial charge on any atom is -0.476 e. The molecule has 0 aliphatic heterocycles. The van der Waals surface area contributed by atoms with Gasteiger partial charge in [0.25, 0.3) is 35.0 Å². The summed E-state index contributed by atoms with van der Waals surface area (Å²) in [6.45, 7) is 23.8. The van der Waals surface area contributed by atoms with Gasteiger partial charge in [-0.05, 0) is 125 Å². The van der Waals surface area contributed by atoms with Crippen LogP contribution in [0.25, 0.3) is 0 Å². The third kappa shape index (κ3) is 19.6. The first-order chi connectivity index (χ1) is 34.5. The quantitative estimate of drug-likeness (QED) is 0.0295. The summed E-state index contributed by atoms with van der Waals surface area (Å²) in [4.78, 5) is 34.8.